The fourth-order valence-corrected chi connectivity index (χ4v) is 8.72. The van der Waals surface area contributed by atoms with Gasteiger partial charge in [-0.25, -0.2) is 15.0 Å². The van der Waals surface area contributed by atoms with E-state index in [1.807, 2.05) is 6.20 Å². The molecule has 10 rings (SSSR count). The van der Waals surface area contributed by atoms with Gasteiger partial charge >= 0.3 is 0 Å². The van der Waals surface area contributed by atoms with Gasteiger partial charge in [-0.1, -0.05) is 116 Å². The number of nitrogens with zero attached hydrogens (tertiary/aromatic N) is 7. The number of anilines is 5. The van der Waals surface area contributed by atoms with E-state index in [0.29, 0.717) is 0 Å². The number of benzene rings is 5. The highest BCUT2D eigenvalue weighted by atomic mass is 15.6. The van der Waals surface area contributed by atoms with Crippen LogP contribution in [0, 0.1) is 12.8 Å². The maximum atomic E-state index is 5.54. The summed E-state index contributed by atoms with van der Waals surface area (Å²) in [5.41, 5.74) is 11.1. The Morgan fingerprint density at radius 1 is 0.640 bits per heavy atom. The van der Waals surface area contributed by atoms with Gasteiger partial charge < -0.3 is 14.7 Å². The molecule has 4 atom stereocenters. The molecule has 5 aromatic carbocycles. The largest absolute Gasteiger partial charge is 0.337 e. The molecular formula is C43H35N7. The van der Waals surface area contributed by atoms with E-state index < -0.39 is 0 Å². The summed E-state index contributed by atoms with van der Waals surface area (Å²) in [5.74, 6) is 2.54. The third-order valence-corrected chi connectivity index (χ3v) is 10.9. The summed E-state index contributed by atoms with van der Waals surface area (Å²) in [6.45, 7) is 7.01. The van der Waals surface area contributed by atoms with Crippen molar-refractivity contribution in [1.82, 2.24) is 9.97 Å². The summed E-state index contributed by atoms with van der Waals surface area (Å²) >= 11 is 0. The Hall–Kier alpha value is -6.21. The molecule has 50 heavy (non-hydrogen) atoms. The first-order valence-corrected chi connectivity index (χ1v) is 17.2. The first-order valence-electron chi connectivity index (χ1n) is 17.2. The fourth-order valence-electron chi connectivity index (χ4n) is 8.72. The van der Waals surface area contributed by atoms with Crippen molar-refractivity contribution in [2.45, 2.75) is 25.2 Å². The third kappa shape index (κ3) is 4.00. The van der Waals surface area contributed by atoms with E-state index in [2.05, 4.69) is 167 Å². The molecule has 0 bridgehead atoms. The van der Waals surface area contributed by atoms with Gasteiger partial charge in [0.2, 0.25) is 0 Å². The second-order valence-electron chi connectivity index (χ2n) is 13.5. The smallest absolute Gasteiger partial charge is 0.162 e. The number of aromatic nitrogens is 2. The Morgan fingerprint density at radius 2 is 1.30 bits per heavy atom. The van der Waals surface area contributed by atoms with Crippen LogP contribution >= 0.6 is 0 Å². The lowest BCUT2D eigenvalue weighted by Crippen LogP contribution is -2.60. The normalized spacial score (nSPS) is 21.4. The van der Waals surface area contributed by atoms with E-state index in [-0.39, 0.29) is 24.2 Å². The van der Waals surface area contributed by atoms with E-state index in [0.717, 1.165) is 68.1 Å². The number of para-hydroxylation sites is 3. The molecule has 4 unspecified atom stereocenters. The van der Waals surface area contributed by atoms with Gasteiger partial charge in [-0.05, 0) is 47.9 Å². The average Bonchev–Trinajstić information content (AvgIpc) is 3.68. The molecule has 0 radical (unpaired) electrons. The van der Waals surface area contributed by atoms with Gasteiger partial charge in [-0.15, -0.1) is 0 Å². The van der Waals surface area contributed by atoms with Crippen LogP contribution in [-0.2, 0) is 0 Å². The Bertz CT molecular complexity index is 2340. The summed E-state index contributed by atoms with van der Waals surface area (Å²) in [5, 5.41) is 7.81. The Balaban J connectivity index is 1.24. The molecule has 0 spiro atoms. The van der Waals surface area contributed by atoms with Crippen LogP contribution in [-0.4, -0.2) is 35.2 Å². The summed E-state index contributed by atoms with van der Waals surface area (Å²) in [6.07, 6.45) is 1.71. The lowest BCUT2D eigenvalue weighted by atomic mass is 9.72. The third-order valence-electron chi connectivity index (χ3n) is 10.9. The summed E-state index contributed by atoms with van der Waals surface area (Å²) in [6, 6.07) is 47.1. The Morgan fingerprint density at radius 3 is 2.08 bits per heavy atom. The van der Waals surface area contributed by atoms with Crippen molar-refractivity contribution in [3.63, 3.8) is 0 Å². The predicted octanol–water partition coefficient (Wildman–Crippen LogP) is 8.82. The molecule has 0 N–H and O–H groups in total. The molecule has 0 fully saturated rings. The number of rotatable bonds is 3. The van der Waals surface area contributed by atoms with Crippen LogP contribution < -0.4 is 19.7 Å². The first-order chi connectivity index (χ1) is 24.6. The molecule has 1 aromatic heterocycles. The van der Waals surface area contributed by atoms with Gasteiger partial charge in [0.05, 0.1) is 17.8 Å². The summed E-state index contributed by atoms with van der Waals surface area (Å²) in [4.78, 5) is 17.6. The van der Waals surface area contributed by atoms with Crippen LogP contribution in [0.3, 0.4) is 0 Å². The van der Waals surface area contributed by atoms with Crippen molar-refractivity contribution in [1.29, 1.82) is 0 Å². The zero-order valence-corrected chi connectivity index (χ0v) is 27.9. The molecule has 7 heteroatoms. The van der Waals surface area contributed by atoms with Crippen molar-refractivity contribution in [3.05, 3.63) is 168 Å². The average molecular weight is 650 g/mol. The zero-order valence-electron chi connectivity index (χ0n) is 27.9. The van der Waals surface area contributed by atoms with Gasteiger partial charge in [-0.2, -0.15) is 5.10 Å². The van der Waals surface area contributed by atoms with E-state index in [4.69, 9.17) is 21.6 Å². The predicted molar refractivity (Wildman–Crippen MR) is 203 cm³/mol. The van der Waals surface area contributed by atoms with Crippen molar-refractivity contribution in [2.75, 3.05) is 26.8 Å². The number of hydrazone groups is 1. The maximum Gasteiger partial charge on any atom is 0.162 e. The van der Waals surface area contributed by atoms with Crippen molar-refractivity contribution in [3.8, 4) is 11.4 Å². The molecule has 5 heterocycles. The monoisotopic (exact) mass is 649 g/mol. The van der Waals surface area contributed by atoms with Gasteiger partial charge in [0, 0.05) is 41.0 Å². The van der Waals surface area contributed by atoms with Crippen LogP contribution in [0.25, 0.3) is 17.0 Å². The number of fused-ring (bicyclic) bond motifs is 12. The highest BCUT2D eigenvalue weighted by Gasteiger charge is 2.58. The molecule has 4 aliphatic rings. The second-order valence-corrected chi connectivity index (χ2v) is 13.5. The Kier molecular flexibility index (Phi) is 6.27. The van der Waals surface area contributed by atoms with Gasteiger partial charge in [0.1, 0.15) is 18.0 Å². The van der Waals surface area contributed by atoms with Crippen LogP contribution in [0.1, 0.15) is 28.2 Å². The highest BCUT2D eigenvalue weighted by molar-refractivity contribution is 6.13. The van der Waals surface area contributed by atoms with Gasteiger partial charge in [-0.3, -0.25) is 0 Å². The number of allylic oxidation sites excluding steroid dienone is 1. The van der Waals surface area contributed by atoms with Crippen molar-refractivity contribution in [2.24, 2.45) is 11.0 Å². The number of aryl methyl sites for hydroxylation is 1. The molecule has 4 aliphatic heterocycles. The quantitative estimate of drug-likeness (QED) is 0.191. The van der Waals surface area contributed by atoms with E-state index in [1.54, 1.807) is 0 Å². The van der Waals surface area contributed by atoms with Crippen LogP contribution in [0.2, 0.25) is 0 Å². The molecule has 0 aliphatic carbocycles. The number of amidine groups is 1. The maximum absolute atomic E-state index is 5.54. The lowest BCUT2D eigenvalue weighted by molar-refractivity contribution is 0.318. The van der Waals surface area contributed by atoms with Crippen molar-refractivity contribution < 1.29 is 0 Å². The fraction of sp³-hybridized carbons (Fsp3) is 0.140. The van der Waals surface area contributed by atoms with Crippen LogP contribution in [0.4, 0.5) is 28.6 Å². The summed E-state index contributed by atoms with van der Waals surface area (Å²) in [7, 11) is 2.19. The minimum atomic E-state index is -0.195. The van der Waals surface area contributed by atoms with Crippen LogP contribution in [0.5, 0.6) is 0 Å². The van der Waals surface area contributed by atoms with Gasteiger partial charge in [0.25, 0.3) is 0 Å². The highest BCUT2D eigenvalue weighted by Crippen LogP contribution is 2.60. The molecule has 7 nitrogen and oxygen atoms in total. The first kappa shape index (κ1) is 28.8. The SMILES string of the molecule is C=C1c2ccccc2N2N=C(c3ccccc3)N(c3ccccc3)C2C2C1c1ccccc1N1c3cnc(-c4ccccc4C)nc3N(C)C21. The van der Waals surface area contributed by atoms with E-state index in [1.165, 1.54) is 5.56 Å². The molecule has 0 saturated carbocycles. The minimum Gasteiger partial charge on any atom is -0.337 e. The summed E-state index contributed by atoms with van der Waals surface area (Å²) < 4.78 is 0. The van der Waals surface area contributed by atoms with Crippen molar-refractivity contribution >= 4 is 40.0 Å². The van der Waals surface area contributed by atoms with E-state index >= 15 is 0 Å². The molecule has 6 aromatic rings. The molecule has 242 valence electrons. The van der Waals surface area contributed by atoms with E-state index in [9.17, 15) is 0 Å². The molecule has 0 amide bonds. The molecular weight excluding hydrogens is 615 g/mol. The molecule has 0 saturated heterocycles. The number of hydrogen-bond donors (Lipinski definition) is 0. The van der Waals surface area contributed by atoms with Gasteiger partial charge in [0.15, 0.2) is 17.5 Å². The number of hydrogen-bond acceptors (Lipinski definition) is 7. The topological polar surface area (TPSA) is 51.1 Å². The Labute approximate surface area is 292 Å². The lowest BCUT2D eigenvalue weighted by Gasteiger charge is -2.50. The minimum absolute atomic E-state index is 0.0132. The second kappa shape index (κ2) is 10.9. The zero-order chi connectivity index (χ0) is 33.5. The standard InChI is InChI=1S/C43H35N7/c1-27-16-10-11-21-31(27)39-44-26-36-41(45-39)47(3)42-38-37(33-23-13-14-24-34(33)49(36)42)28(2)32-22-12-15-25-35(32)50-43(38)48(30-19-8-5-9-20-30)40(46-50)29-17-6-4-7-18-29/h4-26,37-38,42-43H,2H2,1,3H3. The van der Waals surface area contributed by atoms with Crippen LogP contribution in [0.15, 0.2) is 151 Å².